The van der Waals surface area contributed by atoms with Gasteiger partial charge in [0, 0.05) is 31.2 Å². The van der Waals surface area contributed by atoms with Crippen molar-refractivity contribution in [3.05, 3.63) is 53.9 Å². The molecular weight excluding hydrogens is 326 g/mol. The number of carbonyl (C=O) groups is 3. The third-order valence-electron chi connectivity index (χ3n) is 3.55. The predicted molar refractivity (Wildman–Crippen MR) is 89.8 cm³/mol. The summed E-state index contributed by atoms with van der Waals surface area (Å²) in [6, 6.07) is 9.40. The molecule has 1 unspecified atom stereocenters. The van der Waals surface area contributed by atoms with Crippen LogP contribution >= 0.6 is 0 Å². The Bertz CT molecular complexity index is 767. The zero-order valence-electron chi connectivity index (χ0n) is 13.9. The number of benzene rings is 1. The molecule has 0 saturated carbocycles. The number of nitrogens with one attached hydrogen (secondary N) is 2. The maximum absolute atomic E-state index is 11.9. The first kappa shape index (κ1) is 18.2. The Labute approximate surface area is 144 Å². The number of anilines is 1. The molecule has 8 heteroatoms. The van der Waals surface area contributed by atoms with Crippen LogP contribution in [0.4, 0.5) is 5.69 Å². The summed E-state index contributed by atoms with van der Waals surface area (Å²) < 4.78 is 6.29. The van der Waals surface area contributed by atoms with Gasteiger partial charge in [-0.1, -0.05) is 0 Å². The Morgan fingerprint density at radius 2 is 1.84 bits per heavy atom. The molecule has 25 heavy (non-hydrogen) atoms. The van der Waals surface area contributed by atoms with E-state index < -0.39 is 23.9 Å². The van der Waals surface area contributed by atoms with Crippen molar-refractivity contribution in [2.45, 2.75) is 6.10 Å². The van der Waals surface area contributed by atoms with Crippen molar-refractivity contribution in [2.75, 3.05) is 19.0 Å². The van der Waals surface area contributed by atoms with Gasteiger partial charge in [0.25, 0.3) is 0 Å². The number of esters is 1. The minimum atomic E-state index is -0.920. The Morgan fingerprint density at radius 1 is 1.16 bits per heavy atom. The highest BCUT2D eigenvalue weighted by atomic mass is 16.5. The van der Waals surface area contributed by atoms with Crippen LogP contribution in [0.3, 0.4) is 0 Å². The van der Waals surface area contributed by atoms with E-state index in [0.717, 1.165) is 0 Å². The predicted octanol–water partition coefficient (Wildman–Crippen LogP) is 0.600. The fourth-order valence-corrected chi connectivity index (χ4v) is 2.19. The van der Waals surface area contributed by atoms with Crippen molar-refractivity contribution >= 4 is 23.5 Å². The van der Waals surface area contributed by atoms with Crippen LogP contribution in [0, 0.1) is 0 Å². The third kappa shape index (κ3) is 4.67. The zero-order chi connectivity index (χ0) is 18.4. The molecule has 0 saturated heterocycles. The highest BCUT2D eigenvalue weighted by Crippen LogP contribution is 2.12. The molecule has 0 aliphatic heterocycles. The van der Waals surface area contributed by atoms with Gasteiger partial charge in [-0.3, -0.25) is 9.59 Å². The number of aryl methyl sites for hydroxylation is 1. The Kier molecular flexibility index (Phi) is 5.91. The number of nitrogens with zero attached hydrogens (tertiary/aromatic N) is 1. The monoisotopic (exact) mass is 345 g/mol. The van der Waals surface area contributed by atoms with Gasteiger partial charge in [0.05, 0.1) is 12.7 Å². The van der Waals surface area contributed by atoms with Gasteiger partial charge < -0.3 is 25.0 Å². The van der Waals surface area contributed by atoms with Crippen LogP contribution < -0.4 is 10.6 Å². The first-order chi connectivity index (χ1) is 11.9. The molecule has 1 aromatic heterocycles. The lowest BCUT2D eigenvalue weighted by Gasteiger charge is -2.13. The minimum absolute atomic E-state index is 0.0919. The largest absolute Gasteiger partial charge is 0.465 e. The molecule has 1 heterocycles. The third-order valence-corrected chi connectivity index (χ3v) is 3.55. The normalized spacial score (nSPS) is 11.5. The van der Waals surface area contributed by atoms with Crippen LogP contribution in [0.15, 0.2) is 42.6 Å². The summed E-state index contributed by atoms with van der Waals surface area (Å²) in [6.45, 7) is -0.0919. The molecular formula is C17H19N3O5. The standard InChI is InChI=1S/C17H19N3O5/c1-20-9-3-4-13(20)14(21)10-18-15(22)16(23)19-12-7-5-11(6-8-12)17(24)25-2/h3-9,14,21H,10H2,1-2H3,(H,18,22)(H,19,23). The van der Waals surface area contributed by atoms with E-state index in [0.29, 0.717) is 16.9 Å². The highest BCUT2D eigenvalue weighted by molar-refractivity contribution is 6.39. The average molecular weight is 345 g/mol. The second-order valence-electron chi connectivity index (χ2n) is 5.29. The Hall–Kier alpha value is -3.13. The van der Waals surface area contributed by atoms with Gasteiger partial charge in [-0.15, -0.1) is 0 Å². The molecule has 1 aromatic carbocycles. The maximum Gasteiger partial charge on any atom is 0.337 e. The van der Waals surface area contributed by atoms with Crippen LogP contribution in [0.5, 0.6) is 0 Å². The summed E-state index contributed by atoms with van der Waals surface area (Å²) in [6.07, 6.45) is 0.849. The number of methoxy groups -OCH3 is 1. The van der Waals surface area contributed by atoms with E-state index in [1.807, 2.05) is 0 Å². The first-order valence-corrected chi connectivity index (χ1v) is 7.49. The average Bonchev–Trinajstić information content (AvgIpc) is 3.05. The van der Waals surface area contributed by atoms with Crippen LogP contribution in [0.2, 0.25) is 0 Å². The molecule has 3 N–H and O–H groups in total. The summed E-state index contributed by atoms with van der Waals surface area (Å²) in [4.78, 5) is 35.0. The number of ether oxygens (including phenoxy) is 1. The number of aliphatic hydroxyl groups is 1. The van der Waals surface area contributed by atoms with Crippen molar-refractivity contribution in [3.8, 4) is 0 Å². The van der Waals surface area contributed by atoms with E-state index in [9.17, 15) is 19.5 Å². The second kappa shape index (κ2) is 8.11. The van der Waals surface area contributed by atoms with Gasteiger partial charge in [0.1, 0.15) is 6.10 Å². The fourth-order valence-electron chi connectivity index (χ4n) is 2.19. The van der Waals surface area contributed by atoms with Gasteiger partial charge >= 0.3 is 17.8 Å². The molecule has 1 atom stereocenters. The van der Waals surface area contributed by atoms with Crippen molar-refractivity contribution in [1.82, 2.24) is 9.88 Å². The topological polar surface area (TPSA) is 110 Å². The molecule has 0 bridgehead atoms. The lowest BCUT2D eigenvalue weighted by Crippen LogP contribution is -2.37. The molecule has 0 radical (unpaired) electrons. The molecule has 0 aliphatic carbocycles. The van der Waals surface area contributed by atoms with Gasteiger partial charge in [0.2, 0.25) is 0 Å². The number of hydrogen-bond donors (Lipinski definition) is 3. The number of aromatic nitrogens is 1. The Morgan fingerprint density at radius 3 is 2.40 bits per heavy atom. The summed E-state index contributed by atoms with van der Waals surface area (Å²) in [5, 5.41) is 14.8. The smallest absolute Gasteiger partial charge is 0.337 e. The lowest BCUT2D eigenvalue weighted by molar-refractivity contribution is -0.136. The molecule has 0 fully saturated rings. The fraction of sp³-hybridized carbons (Fsp3) is 0.235. The molecule has 8 nitrogen and oxygen atoms in total. The van der Waals surface area contributed by atoms with Crippen molar-refractivity contribution in [3.63, 3.8) is 0 Å². The van der Waals surface area contributed by atoms with E-state index in [4.69, 9.17) is 0 Å². The highest BCUT2D eigenvalue weighted by Gasteiger charge is 2.17. The molecule has 0 spiro atoms. The van der Waals surface area contributed by atoms with E-state index in [1.54, 1.807) is 29.9 Å². The summed E-state index contributed by atoms with van der Waals surface area (Å²) in [7, 11) is 3.04. The number of aliphatic hydroxyl groups excluding tert-OH is 1. The molecule has 0 aliphatic rings. The second-order valence-corrected chi connectivity index (χ2v) is 5.29. The van der Waals surface area contributed by atoms with Crippen LogP contribution in [-0.2, 0) is 21.4 Å². The van der Waals surface area contributed by atoms with E-state index in [-0.39, 0.29) is 6.54 Å². The SMILES string of the molecule is COC(=O)c1ccc(NC(=O)C(=O)NCC(O)c2cccn2C)cc1. The number of amides is 2. The summed E-state index contributed by atoms with van der Waals surface area (Å²) in [5.74, 6) is -2.24. The van der Waals surface area contributed by atoms with Gasteiger partial charge in [-0.25, -0.2) is 4.79 Å². The van der Waals surface area contributed by atoms with Crippen molar-refractivity contribution < 1.29 is 24.2 Å². The molecule has 2 amide bonds. The first-order valence-electron chi connectivity index (χ1n) is 7.49. The van der Waals surface area contributed by atoms with E-state index in [2.05, 4.69) is 15.4 Å². The van der Waals surface area contributed by atoms with Gasteiger partial charge in [-0.05, 0) is 36.4 Å². The van der Waals surface area contributed by atoms with Gasteiger partial charge in [0.15, 0.2) is 0 Å². The zero-order valence-corrected chi connectivity index (χ0v) is 13.9. The summed E-state index contributed by atoms with van der Waals surface area (Å²) >= 11 is 0. The number of hydrogen-bond acceptors (Lipinski definition) is 5. The van der Waals surface area contributed by atoms with Crippen LogP contribution in [0.25, 0.3) is 0 Å². The minimum Gasteiger partial charge on any atom is -0.465 e. The maximum atomic E-state index is 11.9. The van der Waals surface area contributed by atoms with Crippen molar-refractivity contribution in [1.29, 1.82) is 0 Å². The molecule has 2 rings (SSSR count). The number of carbonyl (C=O) groups excluding carboxylic acids is 3. The van der Waals surface area contributed by atoms with Gasteiger partial charge in [-0.2, -0.15) is 0 Å². The summed E-state index contributed by atoms with van der Waals surface area (Å²) in [5.41, 5.74) is 1.31. The van der Waals surface area contributed by atoms with Crippen LogP contribution in [0.1, 0.15) is 22.2 Å². The van der Waals surface area contributed by atoms with E-state index in [1.165, 1.54) is 31.4 Å². The van der Waals surface area contributed by atoms with E-state index >= 15 is 0 Å². The molecule has 2 aromatic rings. The quantitative estimate of drug-likeness (QED) is 0.543. The molecule has 132 valence electrons. The Balaban J connectivity index is 1.87. The number of rotatable bonds is 5. The van der Waals surface area contributed by atoms with Crippen LogP contribution in [-0.4, -0.2) is 41.1 Å². The lowest BCUT2D eigenvalue weighted by atomic mass is 10.2. The van der Waals surface area contributed by atoms with Crippen molar-refractivity contribution in [2.24, 2.45) is 7.05 Å².